The topological polar surface area (TPSA) is 120 Å². The standard InChI is InChI=1S/C15H27N9O2/c1-9(2)11-6-23(7-12(11)18-15(26)22(3)4)14(25)10-5-16-19-13(10)24-8-17-20-21-24/h8-13,16,19H,5-7H2,1-4H3,(H,18,26)/t10?,11-,12+,13?/m0/s1. The fourth-order valence-corrected chi connectivity index (χ4v) is 3.61. The summed E-state index contributed by atoms with van der Waals surface area (Å²) in [5.74, 6) is 0.303. The third-order valence-corrected chi connectivity index (χ3v) is 5.17. The van der Waals surface area contributed by atoms with E-state index in [2.05, 4.69) is 45.5 Å². The quantitative estimate of drug-likeness (QED) is 0.603. The summed E-state index contributed by atoms with van der Waals surface area (Å²) < 4.78 is 1.55. The van der Waals surface area contributed by atoms with Gasteiger partial charge in [-0.15, -0.1) is 5.10 Å². The number of hydrazine groups is 1. The highest BCUT2D eigenvalue weighted by molar-refractivity contribution is 5.80. The Balaban J connectivity index is 1.70. The third kappa shape index (κ3) is 3.63. The van der Waals surface area contributed by atoms with Crippen molar-refractivity contribution in [3.05, 3.63) is 6.33 Å². The number of nitrogens with zero attached hydrogens (tertiary/aromatic N) is 6. The van der Waals surface area contributed by atoms with E-state index in [-0.39, 0.29) is 36.0 Å². The van der Waals surface area contributed by atoms with Gasteiger partial charge in [-0.3, -0.25) is 10.2 Å². The van der Waals surface area contributed by atoms with Gasteiger partial charge in [0.2, 0.25) is 5.91 Å². The van der Waals surface area contributed by atoms with Gasteiger partial charge >= 0.3 is 6.03 Å². The fourth-order valence-electron chi connectivity index (χ4n) is 3.61. The van der Waals surface area contributed by atoms with Gasteiger partial charge in [-0.1, -0.05) is 13.8 Å². The number of nitrogens with one attached hydrogen (secondary N) is 3. The first-order valence-corrected chi connectivity index (χ1v) is 8.86. The monoisotopic (exact) mass is 365 g/mol. The van der Waals surface area contributed by atoms with Gasteiger partial charge in [0.25, 0.3) is 0 Å². The molecule has 2 fully saturated rings. The number of carbonyl (C=O) groups excluding carboxylic acids is 2. The summed E-state index contributed by atoms with van der Waals surface area (Å²) in [6, 6.07) is -0.187. The van der Waals surface area contributed by atoms with Gasteiger partial charge in [0.15, 0.2) is 0 Å². The summed E-state index contributed by atoms with van der Waals surface area (Å²) in [6.45, 7) is 5.89. The smallest absolute Gasteiger partial charge is 0.317 e. The summed E-state index contributed by atoms with van der Waals surface area (Å²) in [5, 5.41) is 14.2. The summed E-state index contributed by atoms with van der Waals surface area (Å²) in [5.41, 5.74) is 6.07. The van der Waals surface area contributed by atoms with Crippen LogP contribution < -0.4 is 16.2 Å². The molecule has 0 bridgehead atoms. The minimum Gasteiger partial charge on any atom is -0.340 e. The van der Waals surface area contributed by atoms with Crippen molar-refractivity contribution < 1.29 is 9.59 Å². The number of likely N-dealkylation sites (tertiary alicyclic amines) is 1. The Hall–Kier alpha value is -2.27. The van der Waals surface area contributed by atoms with Crippen molar-refractivity contribution in [1.82, 2.24) is 46.2 Å². The SMILES string of the molecule is CC(C)[C@@H]1CN(C(=O)C2CNNC2n2cnnn2)C[C@H]1NC(=O)N(C)C. The van der Waals surface area contributed by atoms with Crippen molar-refractivity contribution in [2.24, 2.45) is 17.8 Å². The van der Waals surface area contributed by atoms with Gasteiger partial charge in [0.1, 0.15) is 12.5 Å². The lowest BCUT2D eigenvalue weighted by Crippen LogP contribution is -2.47. The maximum Gasteiger partial charge on any atom is 0.317 e. The average molecular weight is 365 g/mol. The molecule has 144 valence electrons. The van der Waals surface area contributed by atoms with E-state index in [4.69, 9.17) is 0 Å². The zero-order valence-electron chi connectivity index (χ0n) is 15.6. The van der Waals surface area contributed by atoms with Crippen molar-refractivity contribution in [2.75, 3.05) is 33.7 Å². The van der Waals surface area contributed by atoms with E-state index >= 15 is 0 Å². The van der Waals surface area contributed by atoms with Crippen molar-refractivity contribution in [2.45, 2.75) is 26.1 Å². The molecular formula is C15H27N9O2. The molecule has 1 aromatic rings. The lowest BCUT2D eigenvalue weighted by Gasteiger charge is -2.24. The molecule has 3 N–H and O–H groups in total. The van der Waals surface area contributed by atoms with E-state index in [1.54, 1.807) is 18.8 Å². The molecule has 0 aromatic carbocycles. The first-order valence-electron chi connectivity index (χ1n) is 8.86. The predicted molar refractivity (Wildman–Crippen MR) is 92.4 cm³/mol. The minimum absolute atomic E-state index is 0.0373. The molecule has 11 heteroatoms. The van der Waals surface area contributed by atoms with Crippen LogP contribution in [-0.2, 0) is 4.79 Å². The van der Waals surface area contributed by atoms with E-state index < -0.39 is 0 Å². The highest BCUT2D eigenvalue weighted by atomic mass is 16.2. The van der Waals surface area contributed by atoms with E-state index in [9.17, 15) is 9.59 Å². The summed E-state index contributed by atoms with van der Waals surface area (Å²) >= 11 is 0. The van der Waals surface area contributed by atoms with Crippen LogP contribution in [0.25, 0.3) is 0 Å². The third-order valence-electron chi connectivity index (χ3n) is 5.17. The molecule has 0 saturated carbocycles. The van der Waals surface area contributed by atoms with Gasteiger partial charge in [0, 0.05) is 39.6 Å². The van der Waals surface area contributed by atoms with Crippen molar-refractivity contribution in [3.63, 3.8) is 0 Å². The molecule has 2 aliphatic rings. The van der Waals surface area contributed by atoms with Gasteiger partial charge in [0.05, 0.1) is 12.0 Å². The molecule has 2 saturated heterocycles. The van der Waals surface area contributed by atoms with Crippen LogP contribution in [0.1, 0.15) is 20.0 Å². The molecule has 0 radical (unpaired) electrons. The van der Waals surface area contributed by atoms with Crippen molar-refractivity contribution >= 4 is 11.9 Å². The van der Waals surface area contributed by atoms with E-state index in [0.717, 1.165) is 0 Å². The Morgan fingerprint density at radius 3 is 2.69 bits per heavy atom. The number of aromatic nitrogens is 4. The molecule has 4 atom stereocenters. The molecule has 3 heterocycles. The fraction of sp³-hybridized carbons (Fsp3) is 0.800. The first-order chi connectivity index (χ1) is 12.4. The second-order valence-electron chi connectivity index (χ2n) is 7.47. The molecule has 11 nitrogen and oxygen atoms in total. The summed E-state index contributed by atoms with van der Waals surface area (Å²) in [4.78, 5) is 28.6. The van der Waals surface area contributed by atoms with E-state index in [0.29, 0.717) is 25.6 Å². The number of rotatable bonds is 4. The van der Waals surface area contributed by atoms with Crippen LogP contribution in [0.2, 0.25) is 0 Å². The van der Waals surface area contributed by atoms with Crippen molar-refractivity contribution in [1.29, 1.82) is 0 Å². The van der Waals surface area contributed by atoms with Gasteiger partial charge in [-0.2, -0.15) is 0 Å². The maximum absolute atomic E-state index is 13.1. The van der Waals surface area contributed by atoms with Gasteiger partial charge < -0.3 is 15.1 Å². The number of hydrogen-bond donors (Lipinski definition) is 3. The molecule has 1 aromatic heterocycles. The Labute approximate surface area is 152 Å². The largest absolute Gasteiger partial charge is 0.340 e. The molecule has 0 spiro atoms. The molecule has 0 aliphatic carbocycles. The lowest BCUT2D eigenvalue weighted by atomic mass is 9.91. The van der Waals surface area contributed by atoms with E-state index in [1.807, 2.05) is 4.90 Å². The Kier molecular flexibility index (Phi) is 5.37. The van der Waals surface area contributed by atoms with E-state index in [1.165, 1.54) is 11.2 Å². The highest BCUT2D eigenvalue weighted by Gasteiger charge is 2.43. The second kappa shape index (κ2) is 7.54. The van der Waals surface area contributed by atoms with Crippen LogP contribution >= 0.6 is 0 Å². The van der Waals surface area contributed by atoms with Crippen LogP contribution in [0.4, 0.5) is 4.79 Å². The number of hydrogen-bond acceptors (Lipinski definition) is 7. The first kappa shape index (κ1) is 18.5. The number of carbonyl (C=O) groups is 2. The Bertz CT molecular complexity index is 633. The molecule has 2 unspecified atom stereocenters. The average Bonchev–Trinajstić information content (AvgIpc) is 3.33. The zero-order chi connectivity index (χ0) is 18.8. The van der Waals surface area contributed by atoms with Gasteiger partial charge in [-0.25, -0.2) is 14.9 Å². The number of urea groups is 1. The van der Waals surface area contributed by atoms with Crippen LogP contribution in [0.5, 0.6) is 0 Å². The number of tetrazole rings is 1. The lowest BCUT2D eigenvalue weighted by molar-refractivity contribution is -0.135. The maximum atomic E-state index is 13.1. The zero-order valence-corrected chi connectivity index (χ0v) is 15.6. The van der Waals surface area contributed by atoms with Crippen molar-refractivity contribution in [3.8, 4) is 0 Å². The second-order valence-corrected chi connectivity index (χ2v) is 7.47. The number of amides is 3. The molecule has 26 heavy (non-hydrogen) atoms. The predicted octanol–water partition coefficient (Wildman–Crippen LogP) is -1.35. The van der Waals surface area contributed by atoms with Crippen LogP contribution in [0, 0.1) is 17.8 Å². The molecular weight excluding hydrogens is 338 g/mol. The summed E-state index contributed by atoms with van der Waals surface area (Å²) in [6.07, 6.45) is 1.16. The highest BCUT2D eigenvalue weighted by Crippen LogP contribution is 2.28. The van der Waals surface area contributed by atoms with Crippen LogP contribution in [-0.4, -0.2) is 81.7 Å². The minimum atomic E-state index is -0.328. The van der Waals surface area contributed by atoms with Crippen LogP contribution in [0.15, 0.2) is 6.33 Å². The molecule has 2 aliphatic heterocycles. The van der Waals surface area contributed by atoms with Gasteiger partial charge in [-0.05, 0) is 16.3 Å². The Morgan fingerprint density at radius 2 is 2.08 bits per heavy atom. The Morgan fingerprint density at radius 1 is 1.31 bits per heavy atom. The normalized spacial score (nSPS) is 28.6. The summed E-state index contributed by atoms with van der Waals surface area (Å²) in [7, 11) is 3.43. The van der Waals surface area contributed by atoms with Crippen LogP contribution in [0.3, 0.4) is 0 Å². The molecule has 3 amide bonds. The molecule has 3 rings (SSSR count).